The Kier molecular flexibility index (Phi) is 5.76. The zero-order valence-electron chi connectivity index (χ0n) is 14.9. The van der Waals surface area contributed by atoms with Crippen LogP contribution in [0.4, 0.5) is 17.6 Å². The number of nitrogens with one attached hydrogen (secondary N) is 1. The molecule has 1 heterocycles. The summed E-state index contributed by atoms with van der Waals surface area (Å²) in [6, 6.07) is 12.7. The quantitative estimate of drug-likeness (QED) is 0.661. The van der Waals surface area contributed by atoms with Gasteiger partial charge in [0.25, 0.3) is 11.5 Å². The highest BCUT2D eigenvalue weighted by Crippen LogP contribution is 2.31. The molecule has 2 aromatic carbocycles. The molecule has 0 aliphatic heterocycles. The van der Waals surface area contributed by atoms with Gasteiger partial charge in [0.2, 0.25) is 0 Å². The van der Waals surface area contributed by atoms with E-state index in [1.165, 1.54) is 48.5 Å². The van der Waals surface area contributed by atoms with Crippen molar-refractivity contribution in [2.45, 2.75) is 12.7 Å². The molecule has 150 valence electrons. The van der Waals surface area contributed by atoms with Gasteiger partial charge < -0.3 is 5.32 Å². The minimum absolute atomic E-state index is 0.0478. The topological polar surface area (TPSA) is 64.0 Å². The van der Waals surface area contributed by atoms with Crippen molar-refractivity contribution in [2.24, 2.45) is 0 Å². The van der Waals surface area contributed by atoms with Crippen molar-refractivity contribution in [2.75, 3.05) is 6.54 Å². The Labute approximate surface area is 162 Å². The summed E-state index contributed by atoms with van der Waals surface area (Å²) in [6.07, 6.45) is -4.66. The molecular formula is C20H15F4N3O2. The van der Waals surface area contributed by atoms with Crippen LogP contribution in [0.2, 0.25) is 0 Å². The molecule has 9 heteroatoms. The summed E-state index contributed by atoms with van der Waals surface area (Å²) in [5, 5.41) is 6.51. The average Bonchev–Trinajstić information content (AvgIpc) is 2.69. The fourth-order valence-corrected chi connectivity index (χ4v) is 2.68. The highest BCUT2D eigenvalue weighted by molar-refractivity contribution is 5.95. The minimum Gasteiger partial charge on any atom is -0.350 e. The van der Waals surface area contributed by atoms with E-state index in [1.807, 2.05) is 0 Å². The van der Waals surface area contributed by atoms with Crippen LogP contribution in [0, 0.1) is 5.82 Å². The van der Waals surface area contributed by atoms with Gasteiger partial charge in [-0.05, 0) is 42.5 Å². The predicted octanol–water partition coefficient (Wildman–Crippen LogP) is 3.50. The molecular weight excluding hydrogens is 390 g/mol. The number of alkyl halides is 3. The van der Waals surface area contributed by atoms with Crippen LogP contribution in [0.3, 0.4) is 0 Å². The first-order chi connectivity index (χ1) is 13.8. The van der Waals surface area contributed by atoms with E-state index in [9.17, 15) is 27.2 Å². The van der Waals surface area contributed by atoms with Crippen molar-refractivity contribution in [1.29, 1.82) is 0 Å². The molecule has 1 N–H and O–H groups in total. The third-order valence-corrected chi connectivity index (χ3v) is 4.09. The summed E-state index contributed by atoms with van der Waals surface area (Å²) >= 11 is 0. The second-order valence-corrected chi connectivity index (χ2v) is 6.09. The van der Waals surface area contributed by atoms with Crippen LogP contribution >= 0.6 is 0 Å². The number of carbonyl (C=O) groups is 1. The van der Waals surface area contributed by atoms with Gasteiger partial charge in [-0.3, -0.25) is 9.59 Å². The fourth-order valence-electron chi connectivity index (χ4n) is 2.68. The van der Waals surface area contributed by atoms with E-state index in [4.69, 9.17) is 0 Å². The molecule has 0 aliphatic rings. The molecule has 0 bridgehead atoms. The maximum Gasteiger partial charge on any atom is 0.417 e. The van der Waals surface area contributed by atoms with Crippen molar-refractivity contribution < 1.29 is 22.4 Å². The Morgan fingerprint density at radius 1 is 1.00 bits per heavy atom. The minimum atomic E-state index is -4.66. The molecule has 0 saturated carbocycles. The van der Waals surface area contributed by atoms with Crippen molar-refractivity contribution in [1.82, 2.24) is 15.1 Å². The predicted molar refractivity (Wildman–Crippen MR) is 97.7 cm³/mol. The molecule has 0 unspecified atom stereocenters. The van der Waals surface area contributed by atoms with Crippen LogP contribution in [-0.2, 0) is 12.7 Å². The summed E-state index contributed by atoms with van der Waals surface area (Å²) in [6.45, 7) is -0.154. The average molecular weight is 405 g/mol. The van der Waals surface area contributed by atoms with E-state index < -0.39 is 34.6 Å². The van der Waals surface area contributed by atoms with E-state index in [1.54, 1.807) is 0 Å². The summed E-state index contributed by atoms with van der Waals surface area (Å²) in [4.78, 5) is 24.1. The lowest BCUT2D eigenvalue weighted by Crippen LogP contribution is -2.32. The normalized spacial score (nSPS) is 11.3. The molecule has 0 fully saturated rings. The van der Waals surface area contributed by atoms with Gasteiger partial charge in [0.15, 0.2) is 0 Å². The van der Waals surface area contributed by atoms with Gasteiger partial charge >= 0.3 is 6.18 Å². The maximum absolute atomic E-state index is 13.0. The third-order valence-electron chi connectivity index (χ3n) is 4.09. The largest absolute Gasteiger partial charge is 0.417 e. The summed E-state index contributed by atoms with van der Waals surface area (Å²) in [7, 11) is 0. The van der Waals surface area contributed by atoms with E-state index in [-0.39, 0.29) is 13.1 Å². The molecule has 0 atom stereocenters. The van der Waals surface area contributed by atoms with Crippen LogP contribution in [0.1, 0.15) is 15.9 Å². The SMILES string of the molecule is O=C(NCCn1nc(-c2ccc(F)cc2)ccc1=O)c1ccccc1C(F)(F)F. The summed E-state index contributed by atoms with van der Waals surface area (Å²) < 4.78 is 53.2. The maximum atomic E-state index is 13.0. The second kappa shape index (κ2) is 8.26. The lowest BCUT2D eigenvalue weighted by molar-refractivity contribution is -0.137. The first kappa shape index (κ1) is 20.2. The molecule has 0 aliphatic carbocycles. The van der Waals surface area contributed by atoms with E-state index in [2.05, 4.69) is 10.4 Å². The second-order valence-electron chi connectivity index (χ2n) is 6.09. The van der Waals surface area contributed by atoms with Crippen molar-refractivity contribution in [3.05, 3.63) is 88.0 Å². The number of amides is 1. The fraction of sp³-hybridized carbons (Fsp3) is 0.150. The molecule has 1 amide bonds. The Bertz CT molecular complexity index is 1080. The Hall–Kier alpha value is -3.49. The van der Waals surface area contributed by atoms with Gasteiger partial charge in [0, 0.05) is 18.2 Å². The molecule has 0 radical (unpaired) electrons. The van der Waals surface area contributed by atoms with Gasteiger partial charge in [-0.15, -0.1) is 0 Å². The van der Waals surface area contributed by atoms with Crippen LogP contribution in [0.25, 0.3) is 11.3 Å². The Balaban J connectivity index is 1.71. The molecule has 0 spiro atoms. The van der Waals surface area contributed by atoms with Crippen molar-refractivity contribution >= 4 is 5.91 Å². The third kappa shape index (κ3) is 4.87. The molecule has 3 aromatic rings. The molecule has 3 rings (SSSR count). The number of rotatable bonds is 5. The monoisotopic (exact) mass is 405 g/mol. The standard InChI is InChI=1S/C20H15F4N3O2/c21-14-7-5-13(6-8-14)17-9-10-18(28)27(26-17)12-11-25-19(29)15-3-1-2-4-16(15)20(22,23)24/h1-10H,11-12H2,(H,25,29). The number of hydrogen-bond donors (Lipinski definition) is 1. The number of hydrogen-bond acceptors (Lipinski definition) is 3. The van der Waals surface area contributed by atoms with Gasteiger partial charge in [-0.25, -0.2) is 9.07 Å². The van der Waals surface area contributed by atoms with Gasteiger partial charge in [0.1, 0.15) is 5.82 Å². The van der Waals surface area contributed by atoms with Crippen LogP contribution in [0.5, 0.6) is 0 Å². The van der Waals surface area contributed by atoms with E-state index >= 15 is 0 Å². The van der Waals surface area contributed by atoms with E-state index in [0.717, 1.165) is 16.8 Å². The van der Waals surface area contributed by atoms with Crippen LogP contribution < -0.4 is 10.9 Å². The zero-order chi connectivity index (χ0) is 21.0. The number of benzene rings is 2. The first-order valence-electron chi connectivity index (χ1n) is 8.54. The summed E-state index contributed by atoms with van der Waals surface area (Å²) in [5.74, 6) is -1.32. The molecule has 29 heavy (non-hydrogen) atoms. The van der Waals surface area contributed by atoms with Crippen molar-refractivity contribution in [3.8, 4) is 11.3 Å². The number of carbonyl (C=O) groups excluding carboxylic acids is 1. The van der Waals surface area contributed by atoms with Crippen LogP contribution in [-0.4, -0.2) is 22.2 Å². The summed E-state index contributed by atoms with van der Waals surface area (Å²) in [5.41, 5.74) is -0.978. The lowest BCUT2D eigenvalue weighted by Gasteiger charge is -2.13. The molecule has 0 saturated heterocycles. The zero-order valence-corrected chi connectivity index (χ0v) is 14.9. The number of nitrogens with zero attached hydrogens (tertiary/aromatic N) is 2. The van der Waals surface area contributed by atoms with Gasteiger partial charge in [-0.1, -0.05) is 12.1 Å². The smallest absolute Gasteiger partial charge is 0.350 e. The lowest BCUT2D eigenvalue weighted by atomic mass is 10.1. The first-order valence-corrected chi connectivity index (χ1v) is 8.54. The van der Waals surface area contributed by atoms with Gasteiger partial charge in [-0.2, -0.15) is 18.3 Å². The van der Waals surface area contributed by atoms with Crippen LogP contribution in [0.15, 0.2) is 65.5 Å². The Morgan fingerprint density at radius 2 is 1.69 bits per heavy atom. The van der Waals surface area contributed by atoms with Crippen molar-refractivity contribution in [3.63, 3.8) is 0 Å². The number of halogens is 4. The highest BCUT2D eigenvalue weighted by Gasteiger charge is 2.34. The highest BCUT2D eigenvalue weighted by atomic mass is 19.4. The number of aromatic nitrogens is 2. The van der Waals surface area contributed by atoms with E-state index in [0.29, 0.717) is 11.3 Å². The van der Waals surface area contributed by atoms with Gasteiger partial charge in [0.05, 0.1) is 23.4 Å². The Morgan fingerprint density at radius 3 is 2.38 bits per heavy atom. The molecule has 5 nitrogen and oxygen atoms in total. The molecule has 1 aromatic heterocycles.